The van der Waals surface area contributed by atoms with Crippen LogP contribution in [0.15, 0.2) is 138 Å². The van der Waals surface area contributed by atoms with Gasteiger partial charge < -0.3 is 14.8 Å². The summed E-state index contributed by atoms with van der Waals surface area (Å²) in [5, 5.41) is 4.90. The Morgan fingerprint density at radius 2 is 1.67 bits per heavy atom. The van der Waals surface area contributed by atoms with E-state index in [4.69, 9.17) is 4.99 Å². The zero-order valence-electron chi connectivity index (χ0n) is 26.2. The van der Waals surface area contributed by atoms with E-state index in [9.17, 15) is 0 Å². The number of nitrogens with one attached hydrogen (secondary N) is 1. The first-order chi connectivity index (χ1) is 22.6. The number of rotatable bonds is 4. The average molecular weight is 597 g/mol. The van der Waals surface area contributed by atoms with Crippen molar-refractivity contribution in [3.8, 4) is 5.69 Å². The van der Waals surface area contributed by atoms with Crippen molar-refractivity contribution < 1.29 is 0 Å². The molecule has 4 aliphatic rings. The second kappa shape index (κ2) is 10.3. The van der Waals surface area contributed by atoms with E-state index >= 15 is 0 Å². The molecular weight excluding hydrogens is 560 g/mol. The summed E-state index contributed by atoms with van der Waals surface area (Å²) in [5.74, 6) is 1.55. The number of para-hydroxylation sites is 3. The van der Waals surface area contributed by atoms with Crippen molar-refractivity contribution in [2.75, 3.05) is 11.4 Å². The topological polar surface area (TPSA) is 32.6 Å². The maximum Gasteiger partial charge on any atom is 0.133 e. The fraction of sp³-hybridized carbons (Fsp3) is 0.167. The third-order valence-electron chi connectivity index (χ3n) is 10.2. The van der Waals surface area contributed by atoms with Gasteiger partial charge in [-0.05, 0) is 78.4 Å². The van der Waals surface area contributed by atoms with Crippen LogP contribution in [0.3, 0.4) is 0 Å². The highest BCUT2D eigenvalue weighted by Gasteiger charge is 2.48. The van der Waals surface area contributed by atoms with Gasteiger partial charge in [-0.25, -0.2) is 4.99 Å². The second-order valence-electron chi connectivity index (χ2n) is 13.2. The monoisotopic (exact) mass is 596 g/mol. The third kappa shape index (κ3) is 4.10. The summed E-state index contributed by atoms with van der Waals surface area (Å²) in [6, 6.07) is 37.6. The quantitative estimate of drug-likeness (QED) is 0.224. The van der Waals surface area contributed by atoms with Gasteiger partial charge in [0.2, 0.25) is 0 Å². The summed E-state index contributed by atoms with van der Waals surface area (Å²) in [5.41, 5.74) is 13.6. The Kier molecular flexibility index (Phi) is 6.08. The second-order valence-corrected chi connectivity index (χ2v) is 13.2. The molecule has 0 amide bonds. The largest absolute Gasteiger partial charge is 0.365 e. The lowest BCUT2D eigenvalue weighted by Gasteiger charge is -2.41. The molecule has 2 aliphatic carbocycles. The van der Waals surface area contributed by atoms with Gasteiger partial charge in [0, 0.05) is 64.0 Å². The molecule has 3 heterocycles. The zero-order chi connectivity index (χ0) is 30.8. The molecule has 0 radical (unpaired) electrons. The molecule has 5 aromatic rings. The lowest BCUT2D eigenvalue weighted by atomic mass is 9.79. The fourth-order valence-electron chi connectivity index (χ4n) is 7.91. The molecule has 224 valence electrons. The highest BCUT2D eigenvalue weighted by atomic mass is 15.2. The van der Waals surface area contributed by atoms with Crippen LogP contribution in [0.5, 0.6) is 0 Å². The predicted molar refractivity (Wildman–Crippen MR) is 193 cm³/mol. The summed E-state index contributed by atoms with van der Waals surface area (Å²) in [6.45, 7) is 5.42. The molecule has 0 saturated heterocycles. The smallest absolute Gasteiger partial charge is 0.133 e. The summed E-state index contributed by atoms with van der Waals surface area (Å²) < 4.78 is 2.48. The highest BCUT2D eigenvalue weighted by molar-refractivity contribution is 6.07. The van der Waals surface area contributed by atoms with Crippen LogP contribution in [0, 0.1) is 5.92 Å². The van der Waals surface area contributed by atoms with E-state index in [1.165, 1.54) is 67.1 Å². The van der Waals surface area contributed by atoms with Gasteiger partial charge in [0.1, 0.15) is 5.84 Å². The lowest BCUT2D eigenvalue weighted by Crippen LogP contribution is -2.44. The van der Waals surface area contributed by atoms with Gasteiger partial charge in [-0.2, -0.15) is 0 Å². The van der Waals surface area contributed by atoms with Crippen molar-refractivity contribution in [1.82, 2.24) is 9.88 Å². The maximum absolute atomic E-state index is 4.86. The summed E-state index contributed by atoms with van der Waals surface area (Å²) in [4.78, 5) is 7.44. The molecule has 2 atom stereocenters. The third-order valence-corrected chi connectivity index (χ3v) is 10.2. The van der Waals surface area contributed by atoms with Gasteiger partial charge in [0.05, 0.1) is 11.1 Å². The fourth-order valence-corrected chi connectivity index (χ4v) is 7.91. The Morgan fingerprint density at radius 3 is 2.50 bits per heavy atom. The Morgan fingerprint density at radius 1 is 0.870 bits per heavy atom. The minimum absolute atomic E-state index is 0.266. The van der Waals surface area contributed by atoms with Gasteiger partial charge in [-0.1, -0.05) is 91.9 Å². The van der Waals surface area contributed by atoms with Crippen LogP contribution in [0.25, 0.3) is 33.8 Å². The number of allylic oxidation sites excluding steroid dienone is 2. The van der Waals surface area contributed by atoms with E-state index in [2.05, 4.69) is 156 Å². The molecule has 0 bridgehead atoms. The minimum Gasteiger partial charge on any atom is -0.365 e. The van der Waals surface area contributed by atoms with Gasteiger partial charge in [-0.15, -0.1) is 0 Å². The lowest BCUT2D eigenvalue weighted by molar-refractivity contribution is 0.581. The number of hydrogen-bond donors (Lipinski definition) is 1. The number of aliphatic imine (C=N–C) groups is 1. The molecule has 4 aromatic carbocycles. The van der Waals surface area contributed by atoms with Crippen LogP contribution in [-0.2, 0) is 6.42 Å². The van der Waals surface area contributed by atoms with Crippen molar-refractivity contribution >= 4 is 45.3 Å². The molecule has 46 heavy (non-hydrogen) atoms. The highest BCUT2D eigenvalue weighted by Crippen LogP contribution is 2.56. The van der Waals surface area contributed by atoms with E-state index < -0.39 is 0 Å². The van der Waals surface area contributed by atoms with Crippen LogP contribution < -0.4 is 10.2 Å². The van der Waals surface area contributed by atoms with Crippen molar-refractivity contribution in [2.24, 2.45) is 10.9 Å². The van der Waals surface area contributed by atoms with Crippen LogP contribution in [-0.4, -0.2) is 22.5 Å². The van der Waals surface area contributed by atoms with Crippen LogP contribution >= 0.6 is 0 Å². The molecule has 0 fully saturated rings. The van der Waals surface area contributed by atoms with Gasteiger partial charge >= 0.3 is 0 Å². The normalized spacial score (nSPS) is 21.4. The number of benzene rings is 4. The predicted octanol–water partition coefficient (Wildman–Crippen LogP) is 9.50. The molecule has 2 aliphatic heterocycles. The summed E-state index contributed by atoms with van der Waals surface area (Å²) >= 11 is 0. The van der Waals surface area contributed by atoms with Crippen molar-refractivity contribution in [3.63, 3.8) is 0 Å². The standard InChI is InChI=1S/C42H36N4/c1-28-19-21-29(22-20-28)41-43-26-31(27-44-41)30-11-10-14-33(23-30)46-39-18-9-7-16-35(39)37-24-36-34-15-6-8-17-38(34)45(32-12-4-3-5-13-32)40(36)25-42(37,46)2/h3-19,21-24,26,28H,20,25,27H2,1-2H3,(H,43,44). The molecule has 9 rings (SSSR count). The van der Waals surface area contributed by atoms with E-state index in [1.807, 2.05) is 6.20 Å². The number of hydrogen-bond acceptors (Lipinski definition) is 3. The molecule has 1 N–H and O–H groups in total. The van der Waals surface area contributed by atoms with E-state index in [0.717, 1.165) is 25.2 Å². The van der Waals surface area contributed by atoms with Crippen LogP contribution in [0.4, 0.5) is 11.4 Å². The Balaban J connectivity index is 1.15. The summed E-state index contributed by atoms with van der Waals surface area (Å²) in [6.07, 6.45) is 13.2. The number of aromatic nitrogens is 1. The van der Waals surface area contributed by atoms with Crippen molar-refractivity contribution in [1.29, 1.82) is 0 Å². The Labute approximate surface area is 270 Å². The molecular formula is C42H36N4. The van der Waals surface area contributed by atoms with Crippen molar-refractivity contribution in [3.05, 3.63) is 156 Å². The van der Waals surface area contributed by atoms with Gasteiger partial charge in [0.25, 0.3) is 0 Å². The molecule has 4 heteroatoms. The number of anilines is 2. The molecule has 2 unspecified atom stereocenters. The number of fused-ring (bicyclic) bond motifs is 6. The Bertz CT molecular complexity index is 2190. The van der Waals surface area contributed by atoms with Crippen LogP contribution in [0.2, 0.25) is 0 Å². The van der Waals surface area contributed by atoms with Gasteiger partial charge in [0.15, 0.2) is 0 Å². The van der Waals surface area contributed by atoms with Crippen LogP contribution in [0.1, 0.15) is 42.7 Å². The molecule has 0 spiro atoms. The average Bonchev–Trinajstić information content (AvgIpc) is 3.55. The maximum atomic E-state index is 4.86. The molecule has 4 nitrogen and oxygen atoms in total. The zero-order valence-corrected chi connectivity index (χ0v) is 26.2. The van der Waals surface area contributed by atoms with E-state index in [1.54, 1.807) is 0 Å². The first-order valence-electron chi connectivity index (χ1n) is 16.4. The Hall–Kier alpha value is -5.35. The first kappa shape index (κ1) is 27.0. The number of amidine groups is 1. The number of nitrogens with zero attached hydrogens (tertiary/aromatic N) is 3. The van der Waals surface area contributed by atoms with Crippen molar-refractivity contribution in [2.45, 2.75) is 32.2 Å². The molecule has 0 saturated carbocycles. The van der Waals surface area contributed by atoms with E-state index in [-0.39, 0.29) is 5.54 Å². The summed E-state index contributed by atoms with van der Waals surface area (Å²) in [7, 11) is 0. The van der Waals surface area contributed by atoms with Gasteiger partial charge in [-0.3, -0.25) is 0 Å². The SMILES string of the molecule is CC1C=CC(C2=NC=C(c3cccc(N4c5ccccc5C5=Cc6c(n(-c7ccccc7)c7ccccc67)CC54C)c3)CN2)=CC1. The first-order valence-corrected chi connectivity index (χ1v) is 16.4. The van der Waals surface area contributed by atoms with E-state index in [0.29, 0.717) is 5.92 Å². The minimum atomic E-state index is -0.266. The molecule has 1 aromatic heterocycles.